The van der Waals surface area contributed by atoms with E-state index in [9.17, 15) is 9.59 Å². The zero-order valence-electron chi connectivity index (χ0n) is 14.4. The molecule has 1 amide bonds. The van der Waals surface area contributed by atoms with Gasteiger partial charge in [0.1, 0.15) is 5.82 Å². The lowest BCUT2D eigenvalue weighted by atomic mass is 9.91. The summed E-state index contributed by atoms with van der Waals surface area (Å²) in [5.74, 6) is 1.13. The summed E-state index contributed by atoms with van der Waals surface area (Å²) < 4.78 is 5.45. The van der Waals surface area contributed by atoms with Gasteiger partial charge in [0, 0.05) is 37.7 Å². The minimum absolute atomic E-state index is 0.0129. The number of hydrogen-bond acceptors (Lipinski definition) is 5. The van der Waals surface area contributed by atoms with Crippen LogP contribution in [0.4, 0.5) is 5.82 Å². The maximum Gasteiger partial charge on any atom is 0.338 e. The van der Waals surface area contributed by atoms with Gasteiger partial charge in [-0.1, -0.05) is 13.8 Å². The molecule has 0 bridgehead atoms. The molecule has 6 heteroatoms. The summed E-state index contributed by atoms with van der Waals surface area (Å²) in [4.78, 5) is 30.3. The summed E-state index contributed by atoms with van der Waals surface area (Å²) in [6.07, 6.45) is 4.45. The fourth-order valence-electron chi connectivity index (χ4n) is 3.37. The molecule has 2 saturated heterocycles. The zero-order chi connectivity index (χ0) is 17.2. The van der Waals surface area contributed by atoms with Crippen molar-refractivity contribution in [1.29, 1.82) is 0 Å². The van der Waals surface area contributed by atoms with Crippen LogP contribution in [-0.4, -0.2) is 43.1 Å². The Balaban J connectivity index is 1.63. The highest BCUT2D eigenvalue weighted by atomic mass is 16.5. The number of piperidine rings is 1. The van der Waals surface area contributed by atoms with Crippen LogP contribution in [0.25, 0.3) is 0 Å². The van der Waals surface area contributed by atoms with Crippen LogP contribution in [0.2, 0.25) is 0 Å². The molecule has 0 aromatic carbocycles. The first-order chi connectivity index (χ1) is 11.5. The molecule has 0 radical (unpaired) electrons. The summed E-state index contributed by atoms with van der Waals surface area (Å²) in [7, 11) is 0. The van der Waals surface area contributed by atoms with E-state index in [0.29, 0.717) is 24.4 Å². The van der Waals surface area contributed by atoms with Crippen LogP contribution in [-0.2, 0) is 9.53 Å². The van der Waals surface area contributed by atoms with E-state index in [1.54, 1.807) is 18.3 Å². The molecule has 2 aliphatic heterocycles. The maximum atomic E-state index is 12.4. The third-order valence-corrected chi connectivity index (χ3v) is 4.81. The number of ether oxygens (including phenoxy) is 1. The molecule has 2 aliphatic rings. The Morgan fingerprint density at radius 3 is 3.08 bits per heavy atom. The van der Waals surface area contributed by atoms with Crippen LogP contribution < -0.4 is 10.2 Å². The highest BCUT2D eigenvalue weighted by molar-refractivity contribution is 5.90. The predicted molar refractivity (Wildman–Crippen MR) is 90.9 cm³/mol. The van der Waals surface area contributed by atoms with Crippen molar-refractivity contribution in [2.45, 2.75) is 33.1 Å². The fraction of sp³-hybridized carbons (Fsp3) is 0.611. The lowest BCUT2D eigenvalue weighted by Crippen LogP contribution is -2.35. The average molecular weight is 331 g/mol. The molecule has 24 heavy (non-hydrogen) atoms. The number of aromatic nitrogens is 1. The summed E-state index contributed by atoms with van der Waals surface area (Å²) >= 11 is 0. The van der Waals surface area contributed by atoms with Crippen molar-refractivity contribution in [1.82, 2.24) is 10.3 Å². The number of nitrogens with one attached hydrogen (secondary N) is 1. The number of carbonyl (C=O) groups excluding carboxylic acids is 2. The number of pyridine rings is 1. The maximum absolute atomic E-state index is 12.4. The van der Waals surface area contributed by atoms with E-state index in [1.807, 2.05) is 6.92 Å². The van der Waals surface area contributed by atoms with E-state index >= 15 is 0 Å². The fourth-order valence-corrected chi connectivity index (χ4v) is 3.37. The smallest absolute Gasteiger partial charge is 0.338 e. The summed E-state index contributed by atoms with van der Waals surface area (Å²) in [6.45, 7) is 6.92. The van der Waals surface area contributed by atoms with Gasteiger partial charge in [-0.15, -0.1) is 0 Å². The third-order valence-electron chi connectivity index (χ3n) is 4.81. The average Bonchev–Trinajstić information content (AvgIpc) is 2.92. The Kier molecular flexibility index (Phi) is 4.73. The Morgan fingerprint density at radius 1 is 1.54 bits per heavy atom. The van der Waals surface area contributed by atoms with Crippen LogP contribution in [0.15, 0.2) is 18.3 Å². The van der Waals surface area contributed by atoms with E-state index in [0.717, 1.165) is 25.3 Å². The van der Waals surface area contributed by atoms with Gasteiger partial charge >= 0.3 is 5.97 Å². The first-order valence-corrected chi connectivity index (χ1v) is 8.60. The molecule has 3 rings (SSSR count). The normalized spacial score (nSPS) is 27.0. The second kappa shape index (κ2) is 6.79. The largest absolute Gasteiger partial charge is 0.461 e. The van der Waals surface area contributed by atoms with Gasteiger partial charge < -0.3 is 15.0 Å². The first-order valence-electron chi connectivity index (χ1n) is 8.60. The molecule has 2 atom stereocenters. The Hall–Kier alpha value is -2.11. The van der Waals surface area contributed by atoms with Crippen molar-refractivity contribution >= 4 is 17.7 Å². The molecule has 2 unspecified atom stereocenters. The van der Waals surface area contributed by atoms with Crippen LogP contribution in [0.3, 0.4) is 0 Å². The molecule has 0 aliphatic carbocycles. The van der Waals surface area contributed by atoms with E-state index < -0.39 is 0 Å². The summed E-state index contributed by atoms with van der Waals surface area (Å²) in [5, 5.41) is 2.78. The highest BCUT2D eigenvalue weighted by Gasteiger charge is 2.35. The van der Waals surface area contributed by atoms with E-state index in [4.69, 9.17) is 4.74 Å². The number of esters is 1. The quantitative estimate of drug-likeness (QED) is 0.855. The van der Waals surface area contributed by atoms with Crippen LogP contribution in [0.5, 0.6) is 0 Å². The molecule has 2 fully saturated rings. The van der Waals surface area contributed by atoms with Crippen molar-refractivity contribution in [3.05, 3.63) is 23.9 Å². The van der Waals surface area contributed by atoms with Gasteiger partial charge in [-0.05, 0) is 30.9 Å². The molecule has 1 aromatic rings. The van der Waals surface area contributed by atoms with E-state index in [1.165, 1.54) is 6.42 Å². The van der Waals surface area contributed by atoms with E-state index in [2.05, 4.69) is 22.1 Å². The molecule has 1 N–H and O–H groups in total. The molecular weight excluding hydrogens is 306 g/mol. The molecule has 0 spiro atoms. The van der Waals surface area contributed by atoms with Gasteiger partial charge in [0.25, 0.3) is 0 Å². The van der Waals surface area contributed by atoms with Crippen molar-refractivity contribution in [3.63, 3.8) is 0 Å². The lowest BCUT2D eigenvalue weighted by Gasteiger charge is -2.32. The van der Waals surface area contributed by atoms with Gasteiger partial charge in [-0.3, -0.25) is 4.79 Å². The van der Waals surface area contributed by atoms with Gasteiger partial charge in [0.15, 0.2) is 0 Å². The number of hydrogen-bond donors (Lipinski definition) is 1. The van der Waals surface area contributed by atoms with Crippen molar-refractivity contribution in [2.75, 3.05) is 31.1 Å². The molecule has 3 heterocycles. The second-order valence-electron chi connectivity index (χ2n) is 7.44. The summed E-state index contributed by atoms with van der Waals surface area (Å²) in [6, 6.07) is 3.49. The van der Waals surface area contributed by atoms with Crippen LogP contribution in [0.1, 0.15) is 43.5 Å². The first kappa shape index (κ1) is 16.7. The van der Waals surface area contributed by atoms with Crippen molar-refractivity contribution in [2.24, 2.45) is 11.3 Å². The minimum atomic E-state index is -0.357. The number of rotatable bonds is 4. The number of carbonyl (C=O) groups is 2. The third kappa shape index (κ3) is 3.86. The van der Waals surface area contributed by atoms with Gasteiger partial charge in [0.2, 0.25) is 5.91 Å². The molecule has 1 aromatic heterocycles. The predicted octanol–water partition coefficient (Wildman–Crippen LogP) is 2.00. The van der Waals surface area contributed by atoms with Gasteiger partial charge in [-0.2, -0.15) is 0 Å². The highest BCUT2D eigenvalue weighted by Crippen LogP contribution is 2.26. The van der Waals surface area contributed by atoms with Crippen molar-refractivity contribution < 1.29 is 14.3 Å². The van der Waals surface area contributed by atoms with Gasteiger partial charge in [-0.25, -0.2) is 9.78 Å². The minimum Gasteiger partial charge on any atom is -0.461 e. The number of amides is 1. The molecule has 0 saturated carbocycles. The van der Waals surface area contributed by atoms with Gasteiger partial charge in [0.05, 0.1) is 12.2 Å². The Bertz CT molecular complexity index is 634. The lowest BCUT2D eigenvalue weighted by molar-refractivity contribution is -0.119. The molecule has 6 nitrogen and oxygen atoms in total. The zero-order valence-corrected chi connectivity index (χ0v) is 14.4. The topological polar surface area (TPSA) is 71.5 Å². The summed E-state index contributed by atoms with van der Waals surface area (Å²) in [5.41, 5.74) is 0.198. The Morgan fingerprint density at radius 2 is 2.38 bits per heavy atom. The Labute approximate surface area is 142 Å². The van der Waals surface area contributed by atoms with Crippen LogP contribution in [0, 0.1) is 11.3 Å². The SMILES string of the molecule is CC1CCCN(c2cc(C(=O)OCC3(C)CNC(=O)C3)ccn2)C1. The second-order valence-corrected chi connectivity index (χ2v) is 7.44. The molecule has 130 valence electrons. The standard InChI is InChI=1S/C18H25N3O3/c1-13-4-3-7-21(10-13)15-8-14(5-6-19-15)17(23)24-12-18(2)9-16(22)20-11-18/h5-6,8,13H,3-4,7,9-12H2,1-2H3,(H,20,22). The number of anilines is 1. The van der Waals surface area contributed by atoms with Crippen molar-refractivity contribution in [3.8, 4) is 0 Å². The number of nitrogens with zero attached hydrogens (tertiary/aromatic N) is 2. The van der Waals surface area contributed by atoms with Crippen LogP contribution >= 0.6 is 0 Å². The van der Waals surface area contributed by atoms with E-state index in [-0.39, 0.29) is 23.9 Å². The molecular formula is C18H25N3O3. The monoisotopic (exact) mass is 331 g/mol.